The van der Waals surface area contributed by atoms with Gasteiger partial charge in [-0.05, 0) is 48.9 Å². The molecule has 222 valence electrons. The number of amides is 2. The van der Waals surface area contributed by atoms with Crippen molar-refractivity contribution in [3.8, 4) is 11.6 Å². The van der Waals surface area contributed by atoms with Crippen LogP contribution in [0.4, 0.5) is 16.4 Å². The van der Waals surface area contributed by atoms with Crippen LogP contribution in [0.2, 0.25) is 0 Å². The molecule has 0 saturated carbocycles. The highest BCUT2D eigenvalue weighted by Crippen LogP contribution is 2.38. The number of urea groups is 1. The van der Waals surface area contributed by atoms with Gasteiger partial charge in [0.05, 0.1) is 24.4 Å². The van der Waals surface area contributed by atoms with Gasteiger partial charge in [0, 0.05) is 42.4 Å². The van der Waals surface area contributed by atoms with Gasteiger partial charge in [-0.25, -0.2) is 15.2 Å². The highest BCUT2D eigenvalue weighted by molar-refractivity contribution is 7.98. The first kappa shape index (κ1) is 29.7. The van der Waals surface area contributed by atoms with Gasteiger partial charge >= 0.3 is 6.03 Å². The Morgan fingerprint density at radius 2 is 1.93 bits per heavy atom. The molecule has 5 rings (SSSR count). The number of morpholine rings is 1. The molecule has 11 heteroatoms. The minimum atomic E-state index is -0.386. The molecule has 0 aliphatic carbocycles. The lowest BCUT2D eigenvalue weighted by atomic mass is 9.76. The van der Waals surface area contributed by atoms with E-state index in [2.05, 4.69) is 76.8 Å². The number of hydrogen-bond donors (Lipinski definition) is 3. The van der Waals surface area contributed by atoms with E-state index in [1.165, 1.54) is 0 Å². The van der Waals surface area contributed by atoms with Crippen LogP contribution < -0.4 is 30.7 Å². The number of hydrogen-bond acceptors (Lipinski definition) is 9. The summed E-state index contributed by atoms with van der Waals surface area (Å²) in [6.07, 6.45) is 5.82. The van der Waals surface area contributed by atoms with Gasteiger partial charge in [-0.3, -0.25) is 10.3 Å². The molecule has 3 heterocycles. The number of para-hydroxylation sites is 1. The van der Waals surface area contributed by atoms with Crippen molar-refractivity contribution in [2.24, 2.45) is 5.41 Å². The van der Waals surface area contributed by atoms with Crippen molar-refractivity contribution in [3.63, 3.8) is 0 Å². The Hall–Kier alpha value is -3.80. The molecule has 1 fully saturated rings. The zero-order valence-corrected chi connectivity index (χ0v) is 25.6. The van der Waals surface area contributed by atoms with Crippen molar-refractivity contribution in [1.29, 1.82) is 0 Å². The Kier molecular flexibility index (Phi) is 8.91. The fraction of sp³-hybridized carbons (Fsp3) is 0.387. The van der Waals surface area contributed by atoms with E-state index in [-0.39, 0.29) is 23.5 Å². The predicted molar refractivity (Wildman–Crippen MR) is 167 cm³/mol. The first-order valence-electron chi connectivity index (χ1n) is 14.1. The van der Waals surface area contributed by atoms with Crippen LogP contribution in [0.25, 0.3) is 0 Å². The summed E-state index contributed by atoms with van der Waals surface area (Å²) < 4.78 is 11.6. The lowest BCUT2D eigenvalue weighted by molar-refractivity contribution is 0.122. The van der Waals surface area contributed by atoms with E-state index in [1.807, 2.05) is 47.7 Å². The van der Waals surface area contributed by atoms with Crippen molar-refractivity contribution in [3.05, 3.63) is 78.3 Å². The third-order valence-electron chi connectivity index (χ3n) is 7.66. The van der Waals surface area contributed by atoms with E-state index >= 15 is 0 Å². The van der Waals surface area contributed by atoms with Gasteiger partial charge in [0.2, 0.25) is 11.8 Å². The number of hydrazine groups is 1. The number of anilines is 2. The summed E-state index contributed by atoms with van der Waals surface area (Å²) >= 11 is 1.68. The molecule has 2 aromatic carbocycles. The number of carbonyl (C=O) groups excluding carboxylic acids is 1. The van der Waals surface area contributed by atoms with E-state index in [1.54, 1.807) is 24.0 Å². The largest absolute Gasteiger partial charge is 0.439 e. The Morgan fingerprint density at radius 1 is 1.14 bits per heavy atom. The average molecular weight is 590 g/mol. The van der Waals surface area contributed by atoms with Crippen molar-refractivity contribution in [2.75, 3.05) is 42.5 Å². The molecular weight excluding hydrogens is 550 g/mol. The van der Waals surface area contributed by atoms with Crippen molar-refractivity contribution in [1.82, 2.24) is 26.0 Å². The highest BCUT2D eigenvalue weighted by atomic mass is 32.2. The fourth-order valence-electron chi connectivity index (χ4n) is 4.60. The van der Waals surface area contributed by atoms with E-state index in [4.69, 9.17) is 9.47 Å². The lowest BCUT2D eigenvalue weighted by Crippen LogP contribution is -2.54. The summed E-state index contributed by atoms with van der Waals surface area (Å²) in [5.74, 6) is 2.33. The number of nitrogens with zero attached hydrogens (tertiary/aromatic N) is 4. The number of benzene rings is 2. The molecule has 2 amide bonds. The molecule has 3 aromatic rings. The third kappa shape index (κ3) is 6.80. The number of rotatable bonds is 8. The second-order valence-corrected chi connectivity index (χ2v) is 12.3. The Bertz CT molecular complexity index is 1440. The van der Waals surface area contributed by atoms with Crippen LogP contribution in [0.5, 0.6) is 11.6 Å². The first-order chi connectivity index (χ1) is 20.1. The smallest absolute Gasteiger partial charge is 0.320 e. The van der Waals surface area contributed by atoms with Crippen LogP contribution in [0.1, 0.15) is 33.3 Å². The van der Waals surface area contributed by atoms with Gasteiger partial charge in [-0.15, -0.1) is 11.8 Å². The van der Waals surface area contributed by atoms with Crippen molar-refractivity contribution < 1.29 is 14.3 Å². The maximum absolute atomic E-state index is 13.2. The van der Waals surface area contributed by atoms with Crippen molar-refractivity contribution in [2.45, 2.75) is 44.7 Å². The highest BCUT2D eigenvalue weighted by Gasteiger charge is 2.43. The van der Waals surface area contributed by atoms with Gasteiger partial charge in [-0.2, -0.15) is 4.98 Å². The second-order valence-electron chi connectivity index (χ2n) is 11.4. The molecule has 3 N–H and O–H groups in total. The van der Waals surface area contributed by atoms with E-state index in [0.29, 0.717) is 36.6 Å². The number of ether oxygens (including phenoxy) is 2. The maximum atomic E-state index is 13.2. The van der Waals surface area contributed by atoms with Gasteiger partial charge in [0.1, 0.15) is 11.6 Å². The molecule has 0 radical (unpaired) electrons. The molecular formula is C31H39N7O3S. The number of carbonyl (C=O) groups is 1. The quantitative estimate of drug-likeness (QED) is 0.302. The molecule has 10 nitrogen and oxygen atoms in total. The first-order valence-corrected chi connectivity index (χ1v) is 15.3. The molecule has 1 aromatic heterocycles. The van der Waals surface area contributed by atoms with Gasteiger partial charge in [0.25, 0.3) is 0 Å². The van der Waals surface area contributed by atoms with E-state index < -0.39 is 0 Å². The maximum Gasteiger partial charge on any atom is 0.320 e. The number of aromatic nitrogens is 2. The summed E-state index contributed by atoms with van der Waals surface area (Å²) in [7, 11) is 0. The zero-order chi connectivity index (χ0) is 29.7. The second kappa shape index (κ2) is 12.6. The van der Waals surface area contributed by atoms with E-state index in [9.17, 15) is 4.79 Å². The Morgan fingerprint density at radius 3 is 2.69 bits per heavy atom. The zero-order valence-electron chi connectivity index (χ0n) is 24.8. The molecule has 0 bridgehead atoms. The summed E-state index contributed by atoms with van der Waals surface area (Å²) in [6.45, 7) is 11.7. The Labute approximate surface area is 251 Å². The van der Waals surface area contributed by atoms with Gasteiger partial charge in [0.15, 0.2) is 0 Å². The fourth-order valence-corrected chi connectivity index (χ4v) is 5.05. The van der Waals surface area contributed by atoms with Crippen LogP contribution in [0.3, 0.4) is 0 Å². The Balaban J connectivity index is 1.28. The molecule has 0 spiro atoms. The van der Waals surface area contributed by atoms with Crippen LogP contribution in [-0.2, 0) is 11.3 Å². The SMILES string of the molecule is CSc1cccc(N2NC(C)(C(C)(C)C)C=C2NC(=O)NCc2ccccc2Oc2ccnc(N3CCOCC3)n2)c1. The molecule has 1 atom stereocenters. The van der Waals surface area contributed by atoms with Crippen LogP contribution >= 0.6 is 11.8 Å². The standard InChI is InChI=1S/C31H39N7O3S/c1-30(2,3)31(4)20-26(38(36-31)23-10-8-11-24(19-23)42-5)34-29(39)33-21-22-9-6-7-12-25(22)41-27-13-14-32-28(35-27)37-15-17-40-18-16-37/h6-14,19-20,36H,15-18,21H2,1-5H3,(H2,33,34,39). The van der Waals surface area contributed by atoms with Crippen LogP contribution in [-0.4, -0.2) is 54.1 Å². The van der Waals surface area contributed by atoms with Crippen LogP contribution in [0.15, 0.2) is 77.6 Å². The molecule has 2 aliphatic rings. The summed E-state index contributed by atoms with van der Waals surface area (Å²) in [5.41, 5.74) is 4.89. The number of thioether (sulfide) groups is 1. The minimum absolute atomic E-state index is 0.110. The normalized spacial score (nSPS) is 18.9. The number of nitrogens with one attached hydrogen (secondary N) is 3. The van der Waals surface area contributed by atoms with Gasteiger partial charge in [-0.1, -0.05) is 45.0 Å². The van der Waals surface area contributed by atoms with Crippen LogP contribution in [0, 0.1) is 5.41 Å². The van der Waals surface area contributed by atoms with Crippen molar-refractivity contribution >= 4 is 29.4 Å². The minimum Gasteiger partial charge on any atom is -0.439 e. The third-order valence-corrected chi connectivity index (χ3v) is 8.38. The monoisotopic (exact) mass is 589 g/mol. The molecule has 1 saturated heterocycles. The summed E-state index contributed by atoms with van der Waals surface area (Å²) in [4.78, 5) is 25.4. The predicted octanol–water partition coefficient (Wildman–Crippen LogP) is 5.30. The van der Waals surface area contributed by atoms with Gasteiger partial charge < -0.3 is 19.7 Å². The average Bonchev–Trinajstić information content (AvgIpc) is 3.34. The summed E-state index contributed by atoms with van der Waals surface area (Å²) in [5, 5.41) is 8.00. The van der Waals surface area contributed by atoms with E-state index in [0.717, 1.165) is 29.2 Å². The topological polar surface area (TPSA) is 104 Å². The molecule has 1 unspecified atom stereocenters. The molecule has 2 aliphatic heterocycles. The summed E-state index contributed by atoms with van der Waals surface area (Å²) in [6, 6.07) is 17.2. The lowest BCUT2D eigenvalue weighted by Gasteiger charge is -2.39. The molecule has 42 heavy (non-hydrogen) atoms.